The summed E-state index contributed by atoms with van der Waals surface area (Å²) >= 11 is 0. The third kappa shape index (κ3) is 5.33. The van der Waals surface area contributed by atoms with Gasteiger partial charge in [-0.2, -0.15) is 0 Å². The van der Waals surface area contributed by atoms with Crippen LogP contribution in [0.1, 0.15) is 60.1 Å². The number of benzene rings is 2. The van der Waals surface area contributed by atoms with Gasteiger partial charge in [-0.05, 0) is 74.4 Å². The second-order valence-electron chi connectivity index (χ2n) is 11.4. The van der Waals surface area contributed by atoms with Crippen LogP contribution in [-0.2, 0) is 11.3 Å². The van der Waals surface area contributed by atoms with Gasteiger partial charge in [0.05, 0.1) is 11.4 Å². The van der Waals surface area contributed by atoms with E-state index in [1.165, 1.54) is 6.08 Å². The average Bonchev–Trinajstić information content (AvgIpc) is 2.97. The van der Waals surface area contributed by atoms with E-state index >= 15 is 0 Å². The number of nitrogens with zero attached hydrogens (tertiary/aromatic N) is 3. The quantitative estimate of drug-likeness (QED) is 0.459. The van der Waals surface area contributed by atoms with Crippen LogP contribution in [0.15, 0.2) is 77.6 Å². The Bertz CT molecular complexity index is 1500. The molecule has 2 aromatic carbocycles. The lowest BCUT2D eigenvalue weighted by Gasteiger charge is -2.44. The molecule has 0 spiro atoms. The highest BCUT2D eigenvalue weighted by atomic mass is 16.2. The summed E-state index contributed by atoms with van der Waals surface area (Å²) in [4.78, 5) is 43.4. The summed E-state index contributed by atoms with van der Waals surface area (Å²) in [6.45, 7) is 5.11. The number of anilines is 2. The van der Waals surface area contributed by atoms with E-state index in [9.17, 15) is 14.4 Å². The Morgan fingerprint density at radius 3 is 2.62 bits per heavy atom. The highest BCUT2D eigenvalue weighted by Gasteiger charge is 2.35. The maximum atomic E-state index is 13.5. The lowest BCUT2D eigenvalue weighted by Crippen LogP contribution is -2.47. The molecule has 6 rings (SSSR count). The molecule has 206 valence electrons. The van der Waals surface area contributed by atoms with Gasteiger partial charge in [0.2, 0.25) is 5.91 Å². The molecule has 1 N–H and O–H groups in total. The van der Waals surface area contributed by atoms with Crippen molar-refractivity contribution in [3.63, 3.8) is 0 Å². The Morgan fingerprint density at radius 2 is 1.80 bits per heavy atom. The van der Waals surface area contributed by atoms with Crippen molar-refractivity contribution in [3.8, 4) is 0 Å². The largest absolute Gasteiger partial charge is 0.369 e. The molecule has 4 heterocycles. The molecule has 7 heteroatoms. The molecule has 3 unspecified atom stereocenters. The monoisotopic (exact) mass is 536 g/mol. The van der Waals surface area contributed by atoms with Gasteiger partial charge in [-0.3, -0.25) is 14.4 Å². The van der Waals surface area contributed by atoms with Crippen LogP contribution in [0.25, 0.3) is 6.08 Å². The number of carbonyl (C=O) groups is 2. The van der Waals surface area contributed by atoms with Crippen LogP contribution in [-0.4, -0.2) is 47.0 Å². The fourth-order valence-corrected chi connectivity index (χ4v) is 6.61. The number of aromatic nitrogens is 1. The number of amides is 2. The summed E-state index contributed by atoms with van der Waals surface area (Å²) in [5.41, 5.74) is 4.23. The Kier molecular flexibility index (Phi) is 7.29. The Morgan fingerprint density at radius 1 is 0.950 bits per heavy atom. The van der Waals surface area contributed by atoms with E-state index in [1.54, 1.807) is 12.1 Å². The van der Waals surface area contributed by atoms with Crippen molar-refractivity contribution < 1.29 is 9.59 Å². The molecule has 2 fully saturated rings. The first kappa shape index (κ1) is 26.1. The number of hydrogen-bond donors (Lipinski definition) is 1. The van der Waals surface area contributed by atoms with Gasteiger partial charge in [-0.15, -0.1) is 0 Å². The van der Waals surface area contributed by atoms with E-state index in [2.05, 4.69) is 23.2 Å². The Labute approximate surface area is 235 Å². The van der Waals surface area contributed by atoms with E-state index in [-0.39, 0.29) is 29.3 Å². The summed E-state index contributed by atoms with van der Waals surface area (Å²) < 4.78 is 1.93. The number of nitrogens with one attached hydrogen (secondary N) is 1. The molecular weight excluding hydrogens is 500 g/mol. The number of likely N-dealkylation sites (tertiary alicyclic amines) is 1. The first-order valence-electron chi connectivity index (χ1n) is 14.4. The molecule has 3 aliphatic heterocycles. The maximum Gasteiger partial charge on any atom is 0.254 e. The molecule has 0 aliphatic carbocycles. The zero-order valence-corrected chi connectivity index (χ0v) is 23.0. The molecular formula is C33H36N4O3. The first-order valence-corrected chi connectivity index (χ1v) is 14.4. The van der Waals surface area contributed by atoms with Crippen LogP contribution in [0.4, 0.5) is 11.4 Å². The third-order valence-electron chi connectivity index (χ3n) is 8.61. The molecule has 3 aliphatic rings. The van der Waals surface area contributed by atoms with Crippen molar-refractivity contribution in [1.29, 1.82) is 0 Å². The van der Waals surface area contributed by atoms with Gasteiger partial charge >= 0.3 is 0 Å². The molecule has 0 radical (unpaired) electrons. The van der Waals surface area contributed by atoms with Crippen molar-refractivity contribution in [1.82, 2.24) is 9.47 Å². The predicted molar refractivity (Wildman–Crippen MR) is 159 cm³/mol. The standard InChI is InChI=1S/C33H36N4O3/c1-23-8-5-6-17-36(23)33(40)26-14-15-30(28(19-26)34-31(38)16-13-24-9-3-2-4-10-24)35-20-25-18-27(22-35)29-11-7-12-32(39)37(29)21-25/h2-4,7,9-16,19,23,25,27H,5-6,8,17-18,20-22H2,1H3,(H,34,38)/b16-13+. The highest BCUT2D eigenvalue weighted by molar-refractivity contribution is 6.05. The van der Waals surface area contributed by atoms with E-state index in [1.807, 2.05) is 64.1 Å². The van der Waals surface area contributed by atoms with Crippen molar-refractivity contribution in [2.45, 2.75) is 51.1 Å². The minimum atomic E-state index is -0.241. The molecule has 40 heavy (non-hydrogen) atoms. The molecule has 3 aromatic rings. The number of pyridine rings is 1. The van der Waals surface area contributed by atoms with Crippen LogP contribution in [0.3, 0.4) is 0 Å². The van der Waals surface area contributed by atoms with E-state index < -0.39 is 0 Å². The van der Waals surface area contributed by atoms with Crippen LogP contribution in [0.2, 0.25) is 0 Å². The summed E-state index contributed by atoms with van der Waals surface area (Å²) in [7, 11) is 0. The van der Waals surface area contributed by atoms with Gasteiger partial charge in [0, 0.05) is 61.5 Å². The fraction of sp³-hybridized carbons (Fsp3) is 0.364. The van der Waals surface area contributed by atoms with Gasteiger partial charge < -0.3 is 19.7 Å². The molecule has 2 amide bonds. The molecule has 7 nitrogen and oxygen atoms in total. The Hall–Kier alpha value is -4.13. The van der Waals surface area contributed by atoms with E-state index in [0.717, 1.165) is 62.3 Å². The van der Waals surface area contributed by atoms with Gasteiger partial charge in [0.25, 0.3) is 11.5 Å². The number of carbonyl (C=O) groups excluding carboxylic acids is 2. The van der Waals surface area contributed by atoms with Crippen LogP contribution >= 0.6 is 0 Å². The third-order valence-corrected chi connectivity index (χ3v) is 8.61. The fourth-order valence-electron chi connectivity index (χ4n) is 6.61. The van der Waals surface area contributed by atoms with Crippen LogP contribution in [0, 0.1) is 5.92 Å². The average molecular weight is 537 g/mol. The number of rotatable bonds is 5. The first-order chi connectivity index (χ1) is 19.5. The van der Waals surface area contributed by atoms with Gasteiger partial charge in [-0.1, -0.05) is 36.4 Å². The summed E-state index contributed by atoms with van der Waals surface area (Å²) in [5.74, 6) is 0.342. The van der Waals surface area contributed by atoms with Crippen molar-refractivity contribution >= 4 is 29.3 Å². The second kappa shape index (κ2) is 11.2. The Balaban J connectivity index is 1.31. The maximum absolute atomic E-state index is 13.5. The molecule has 2 saturated heterocycles. The lowest BCUT2D eigenvalue weighted by atomic mass is 9.83. The van der Waals surface area contributed by atoms with Gasteiger partial charge in [-0.25, -0.2) is 0 Å². The molecule has 3 atom stereocenters. The second-order valence-corrected chi connectivity index (χ2v) is 11.4. The molecule has 0 saturated carbocycles. The molecule has 1 aromatic heterocycles. The zero-order valence-electron chi connectivity index (χ0n) is 23.0. The smallest absolute Gasteiger partial charge is 0.254 e. The number of hydrogen-bond acceptors (Lipinski definition) is 4. The predicted octanol–water partition coefficient (Wildman–Crippen LogP) is 5.14. The van der Waals surface area contributed by atoms with Crippen LogP contribution in [0.5, 0.6) is 0 Å². The van der Waals surface area contributed by atoms with Crippen molar-refractivity contribution in [3.05, 3.63) is 100.0 Å². The molecule has 2 bridgehead atoms. The normalized spacial score (nSPS) is 22.2. The van der Waals surface area contributed by atoms with Crippen molar-refractivity contribution in [2.75, 3.05) is 29.9 Å². The van der Waals surface area contributed by atoms with Crippen molar-refractivity contribution in [2.24, 2.45) is 5.92 Å². The van der Waals surface area contributed by atoms with Gasteiger partial charge in [0.1, 0.15) is 0 Å². The topological polar surface area (TPSA) is 74.7 Å². The SMILES string of the molecule is CC1CCCCN1C(=O)c1ccc(N2CC3CC(C2)c2cccc(=O)n2C3)c(NC(=O)/C=C/c2ccccc2)c1. The van der Waals surface area contributed by atoms with Crippen LogP contribution < -0.4 is 15.8 Å². The number of fused-ring (bicyclic) bond motifs is 4. The zero-order chi connectivity index (χ0) is 27.6. The number of piperidine rings is 2. The van der Waals surface area contributed by atoms with E-state index in [4.69, 9.17) is 0 Å². The summed E-state index contributed by atoms with van der Waals surface area (Å²) in [5, 5.41) is 3.09. The lowest BCUT2D eigenvalue weighted by molar-refractivity contribution is -0.111. The summed E-state index contributed by atoms with van der Waals surface area (Å²) in [6, 6.07) is 21.2. The minimum Gasteiger partial charge on any atom is -0.369 e. The van der Waals surface area contributed by atoms with Gasteiger partial charge in [0.15, 0.2) is 0 Å². The minimum absolute atomic E-state index is 0.0119. The van der Waals surface area contributed by atoms with E-state index in [0.29, 0.717) is 23.7 Å². The summed E-state index contributed by atoms with van der Waals surface area (Å²) in [6.07, 6.45) is 7.55. The highest BCUT2D eigenvalue weighted by Crippen LogP contribution is 2.39.